The number of benzene rings is 1. The van der Waals surface area contributed by atoms with Crippen LogP contribution in [0.1, 0.15) is 31.1 Å². The normalized spacial score (nSPS) is 16.3. The van der Waals surface area contributed by atoms with E-state index in [0.29, 0.717) is 35.5 Å². The third kappa shape index (κ3) is 4.29. The number of aliphatic carboxylic acids is 1. The predicted octanol–water partition coefficient (Wildman–Crippen LogP) is 4.62. The Bertz CT molecular complexity index is 1070. The first-order valence-corrected chi connectivity index (χ1v) is 10.3. The summed E-state index contributed by atoms with van der Waals surface area (Å²) < 4.78 is 5.93. The minimum Gasteiger partial charge on any atom is -0.480 e. The van der Waals surface area contributed by atoms with Crippen LogP contribution in [0.25, 0.3) is 17.4 Å². The predicted molar refractivity (Wildman–Crippen MR) is 117 cm³/mol. The van der Waals surface area contributed by atoms with Crippen LogP contribution in [-0.4, -0.2) is 37.2 Å². The van der Waals surface area contributed by atoms with Gasteiger partial charge in [-0.3, -0.25) is 19.8 Å². The molecular weight excluding hydrogens is 428 g/mol. The number of carbonyl (C=O) groups excluding carboxylic acids is 1. The fourth-order valence-corrected chi connectivity index (χ4v) is 4.40. The number of aryl methyl sites for hydroxylation is 1. The molecule has 0 spiro atoms. The number of thioether (sulfide) groups is 1. The summed E-state index contributed by atoms with van der Waals surface area (Å²) in [4.78, 5) is 36.4. The van der Waals surface area contributed by atoms with E-state index in [2.05, 4.69) is 0 Å². The Morgan fingerprint density at radius 2 is 2.13 bits per heavy atom. The second-order valence-corrected chi connectivity index (χ2v) is 8.33. The van der Waals surface area contributed by atoms with Gasteiger partial charge in [-0.25, -0.2) is 4.79 Å². The third-order valence-electron chi connectivity index (χ3n) is 4.57. The van der Waals surface area contributed by atoms with Gasteiger partial charge in [-0.15, -0.1) is 0 Å². The van der Waals surface area contributed by atoms with Gasteiger partial charge in [0.15, 0.2) is 0 Å². The highest BCUT2D eigenvalue weighted by molar-refractivity contribution is 8.26. The van der Waals surface area contributed by atoms with Gasteiger partial charge in [0.25, 0.3) is 11.6 Å². The van der Waals surface area contributed by atoms with Crippen LogP contribution in [0.15, 0.2) is 39.7 Å². The van der Waals surface area contributed by atoms with Crippen molar-refractivity contribution < 1.29 is 24.0 Å². The Morgan fingerprint density at radius 1 is 1.40 bits per heavy atom. The topological polar surface area (TPSA) is 114 Å². The largest absolute Gasteiger partial charge is 0.480 e. The van der Waals surface area contributed by atoms with Gasteiger partial charge in [-0.2, -0.15) is 0 Å². The van der Waals surface area contributed by atoms with Crippen molar-refractivity contribution in [2.24, 2.45) is 0 Å². The Kier molecular flexibility index (Phi) is 6.37. The maximum Gasteiger partial charge on any atom is 0.326 e. The molecule has 1 saturated heterocycles. The van der Waals surface area contributed by atoms with Crippen LogP contribution in [0, 0.1) is 17.0 Å². The van der Waals surface area contributed by atoms with Crippen molar-refractivity contribution in [1.29, 1.82) is 0 Å². The molecule has 0 aliphatic carbocycles. The summed E-state index contributed by atoms with van der Waals surface area (Å²) in [6, 6.07) is 7.06. The molecule has 30 heavy (non-hydrogen) atoms. The van der Waals surface area contributed by atoms with E-state index in [1.807, 2.05) is 6.92 Å². The lowest BCUT2D eigenvalue weighted by Crippen LogP contribution is -2.43. The van der Waals surface area contributed by atoms with Gasteiger partial charge in [0.05, 0.1) is 9.83 Å². The van der Waals surface area contributed by atoms with E-state index in [1.165, 1.54) is 12.1 Å². The molecule has 2 heterocycles. The van der Waals surface area contributed by atoms with Crippen LogP contribution in [0.3, 0.4) is 0 Å². The van der Waals surface area contributed by atoms with Crippen LogP contribution in [-0.2, 0) is 9.59 Å². The minimum absolute atomic E-state index is 0.0121. The second kappa shape index (κ2) is 8.80. The Hall–Kier alpha value is -2.98. The van der Waals surface area contributed by atoms with E-state index in [4.69, 9.17) is 16.6 Å². The lowest BCUT2D eigenvalue weighted by molar-refractivity contribution is -0.385. The Balaban J connectivity index is 1.87. The summed E-state index contributed by atoms with van der Waals surface area (Å²) in [5, 5.41) is 20.6. The summed E-state index contributed by atoms with van der Waals surface area (Å²) in [6.07, 6.45) is 2.39. The zero-order valence-corrected chi connectivity index (χ0v) is 17.8. The first-order valence-electron chi connectivity index (χ1n) is 9.08. The molecule has 1 N–H and O–H groups in total. The van der Waals surface area contributed by atoms with Crippen LogP contribution >= 0.6 is 24.0 Å². The number of nitro benzene ring substituents is 1. The molecule has 10 heteroatoms. The van der Waals surface area contributed by atoms with Crippen LogP contribution in [0.4, 0.5) is 5.69 Å². The molecule has 156 valence electrons. The quantitative estimate of drug-likeness (QED) is 0.284. The molecule has 8 nitrogen and oxygen atoms in total. The zero-order valence-electron chi connectivity index (χ0n) is 16.2. The van der Waals surface area contributed by atoms with Crippen molar-refractivity contribution in [3.63, 3.8) is 0 Å². The van der Waals surface area contributed by atoms with Gasteiger partial charge in [0.2, 0.25) is 0 Å². The number of carbonyl (C=O) groups is 2. The Morgan fingerprint density at radius 3 is 2.77 bits per heavy atom. The van der Waals surface area contributed by atoms with Gasteiger partial charge >= 0.3 is 5.97 Å². The van der Waals surface area contributed by atoms with Crippen LogP contribution in [0.5, 0.6) is 0 Å². The standard InChI is InChI=1S/C20H18N2O6S2/c1-3-4-14(19(24)25)21-18(23)17(30-20(21)29)10-13-7-8-16(28-13)12-6-5-11(2)15(9-12)22(26)27/h5-10,14H,3-4H2,1-2H3,(H,24,25)/b17-10-/t14-/m1/s1. The highest BCUT2D eigenvalue weighted by Gasteiger charge is 2.40. The summed E-state index contributed by atoms with van der Waals surface area (Å²) in [6.45, 7) is 3.49. The van der Waals surface area contributed by atoms with Gasteiger partial charge in [0.1, 0.15) is 21.9 Å². The number of nitrogens with zero attached hydrogens (tertiary/aromatic N) is 2. The lowest BCUT2D eigenvalue weighted by atomic mass is 10.1. The molecule has 1 atom stereocenters. The van der Waals surface area contributed by atoms with Crippen molar-refractivity contribution in [2.75, 3.05) is 0 Å². The maximum absolute atomic E-state index is 12.7. The average Bonchev–Trinajstić information content (AvgIpc) is 3.25. The number of rotatable bonds is 7. The van der Waals surface area contributed by atoms with Crippen LogP contribution < -0.4 is 0 Å². The number of hydrogen-bond donors (Lipinski definition) is 1. The zero-order chi connectivity index (χ0) is 22.0. The van der Waals surface area contributed by atoms with E-state index in [-0.39, 0.29) is 14.9 Å². The van der Waals surface area contributed by atoms with E-state index >= 15 is 0 Å². The number of amides is 1. The number of carboxylic acids is 1. The number of furan rings is 1. The fraction of sp³-hybridized carbons (Fsp3) is 0.250. The fourth-order valence-electron chi connectivity index (χ4n) is 3.06. The average molecular weight is 447 g/mol. The number of hydrogen-bond acceptors (Lipinski definition) is 7. The number of carboxylic acid groups (broad SMARTS) is 1. The van der Waals surface area contributed by atoms with Crippen molar-refractivity contribution >= 4 is 51.9 Å². The molecule has 0 unspecified atom stereocenters. The maximum atomic E-state index is 12.7. The molecule has 1 fully saturated rings. The molecule has 1 aliphatic heterocycles. The molecular formula is C20H18N2O6S2. The Labute approximate surface area is 181 Å². The molecule has 1 aromatic carbocycles. The third-order valence-corrected chi connectivity index (χ3v) is 5.90. The van der Waals surface area contributed by atoms with E-state index < -0.39 is 22.8 Å². The first kappa shape index (κ1) is 21.7. The van der Waals surface area contributed by atoms with Crippen molar-refractivity contribution in [3.8, 4) is 11.3 Å². The molecule has 1 aromatic heterocycles. The molecule has 2 aromatic rings. The summed E-state index contributed by atoms with van der Waals surface area (Å²) in [5.74, 6) is -0.809. The highest BCUT2D eigenvalue weighted by Crippen LogP contribution is 2.36. The summed E-state index contributed by atoms with van der Waals surface area (Å²) >= 11 is 6.24. The number of nitro groups is 1. The summed E-state index contributed by atoms with van der Waals surface area (Å²) in [5.41, 5.74) is 1.06. The van der Waals surface area contributed by atoms with E-state index in [1.54, 1.807) is 31.2 Å². The van der Waals surface area contributed by atoms with Gasteiger partial charge < -0.3 is 9.52 Å². The minimum atomic E-state index is -1.10. The number of thiocarbonyl (C=S) groups is 1. The molecule has 1 aliphatic rings. The SMILES string of the molecule is CCC[C@H](C(=O)O)N1C(=O)/C(=C/c2ccc(-c3ccc(C)c([N+](=O)[O-])c3)o2)SC1=S. The first-order chi connectivity index (χ1) is 14.2. The summed E-state index contributed by atoms with van der Waals surface area (Å²) in [7, 11) is 0. The van der Waals surface area contributed by atoms with E-state index in [0.717, 1.165) is 16.7 Å². The molecule has 1 amide bonds. The molecule has 0 radical (unpaired) electrons. The van der Waals surface area contributed by atoms with Gasteiger partial charge in [-0.1, -0.05) is 49.5 Å². The second-order valence-electron chi connectivity index (χ2n) is 6.65. The molecule has 0 bridgehead atoms. The smallest absolute Gasteiger partial charge is 0.326 e. The molecule has 0 saturated carbocycles. The molecule has 3 rings (SSSR count). The highest BCUT2D eigenvalue weighted by atomic mass is 32.2. The van der Waals surface area contributed by atoms with Crippen molar-refractivity contribution in [2.45, 2.75) is 32.7 Å². The van der Waals surface area contributed by atoms with Gasteiger partial charge in [-0.05, 0) is 25.5 Å². The van der Waals surface area contributed by atoms with Crippen LogP contribution in [0.2, 0.25) is 0 Å². The lowest BCUT2D eigenvalue weighted by Gasteiger charge is -2.22. The monoisotopic (exact) mass is 446 g/mol. The van der Waals surface area contributed by atoms with Crippen molar-refractivity contribution in [1.82, 2.24) is 4.90 Å². The van der Waals surface area contributed by atoms with Gasteiger partial charge in [0, 0.05) is 23.3 Å². The van der Waals surface area contributed by atoms with E-state index in [9.17, 15) is 24.8 Å². The van der Waals surface area contributed by atoms with Crippen molar-refractivity contribution in [3.05, 3.63) is 56.7 Å².